The molecule has 0 fully saturated rings. The van der Waals surface area contributed by atoms with E-state index in [1.54, 1.807) is 31.4 Å². The number of rotatable bonds is 12. The molecule has 6 heteroatoms. The smallest absolute Gasteiger partial charge is 0.338 e. The van der Waals surface area contributed by atoms with E-state index >= 15 is 0 Å². The Bertz CT molecular complexity index is 817. The van der Waals surface area contributed by atoms with Crippen LogP contribution in [-0.2, 0) is 16.0 Å². The Balaban J connectivity index is 1.83. The van der Waals surface area contributed by atoms with Crippen molar-refractivity contribution in [2.45, 2.75) is 46.0 Å². The highest BCUT2D eigenvalue weighted by molar-refractivity contribution is 5.93. The summed E-state index contributed by atoms with van der Waals surface area (Å²) in [5.41, 5.74) is 2.12. The molecule has 0 saturated carbocycles. The minimum atomic E-state index is -0.339. The van der Waals surface area contributed by atoms with Crippen LogP contribution in [0.3, 0.4) is 0 Å². The van der Waals surface area contributed by atoms with E-state index < -0.39 is 0 Å². The van der Waals surface area contributed by atoms with Crippen LogP contribution in [0.15, 0.2) is 42.5 Å². The van der Waals surface area contributed by atoms with Gasteiger partial charge in [0, 0.05) is 12.1 Å². The lowest BCUT2D eigenvalue weighted by atomic mass is 10.1. The van der Waals surface area contributed by atoms with Gasteiger partial charge >= 0.3 is 5.97 Å². The van der Waals surface area contributed by atoms with Crippen molar-refractivity contribution in [3.63, 3.8) is 0 Å². The van der Waals surface area contributed by atoms with Gasteiger partial charge in [0.25, 0.3) is 0 Å². The number of methoxy groups -OCH3 is 1. The molecule has 0 atom stereocenters. The Morgan fingerprint density at radius 2 is 1.73 bits per heavy atom. The van der Waals surface area contributed by atoms with Crippen LogP contribution < -0.4 is 14.8 Å². The maximum absolute atomic E-state index is 12.3. The number of ether oxygens (including phenoxy) is 3. The molecule has 0 spiro atoms. The number of unbranched alkanes of at least 4 members (excludes halogenated alkanes) is 2. The highest BCUT2D eigenvalue weighted by Gasteiger charge is 2.10. The van der Waals surface area contributed by atoms with Gasteiger partial charge in [-0.1, -0.05) is 25.8 Å². The molecule has 162 valence electrons. The van der Waals surface area contributed by atoms with Gasteiger partial charge in [-0.2, -0.15) is 0 Å². The predicted molar refractivity (Wildman–Crippen MR) is 117 cm³/mol. The normalized spacial score (nSPS) is 10.4. The molecule has 2 rings (SSSR count). The van der Waals surface area contributed by atoms with E-state index in [1.807, 2.05) is 25.1 Å². The standard InChI is InChI=1S/C24H31NO5/c1-4-6-7-16-30-24(27)19-10-12-20(13-11-19)25-23(26)15-9-18-8-14-21(29-5-2)22(17-18)28-3/h8,10-14,17H,4-7,9,15-16H2,1-3H3,(H,25,26). The Morgan fingerprint density at radius 3 is 2.40 bits per heavy atom. The lowest BCUT2D eigenvalue weighted by molar-refractivity contribution is -0.116. The fourth-order valence-corrected chi connectivity index (χ4v) is 2.91. The zero-order valence-corrected chi connectivity index (χ0v) is 18.0. The first-order chi connectivity index (χ1) is 14.6. The summed E-state index contributed by atoms with van der Waals surface area (Å²) >= 11 is 0. The van der Waals surface area contributed by atoms with Crippen molar-refractivity contribution < 1.29 is 23.8 Å². The van der Waals surface area contributed by atoms with E-state index in [2.05, 4.69) is 12.2 Å². The predicted octanol–water partition coefficient (Wildman–Crippen LogP) is 5.01. The summed E-state index contributed by atoms with van der Waals surface area (Å²) in [7, 11) is 1.60. The van der Waals surface area contributed by atoms with Gasteiger partial charge in [0.05, 0.1) is 25.9 Å². The third kappa shape index (κ3) is 7.43. The summed E-state index contributed by atoms with van der Waals surface area (Å²) in [4.78, 5) is 24.3. The van der Waals surface area contributed by atoms with E-state index in [0.717, 1.165) is 24.8 Å². The third-order valence-corrected chi connectivity index (χ3v) is 4.55. The molecule has 0 aliphatic heterocycles. The molecule has 1 N–H and O–H groups in total. The molecule has 2 aromatic rings. The summed E-state index contributed by atoms with van der Waals surface area (Å²) in [5, 5.41) is 2.85. The molecule has 6 nitrogen and oxygen atoms in total. The Labute approximate surface area is 178 Å². The second kappa shape index (κ2) is 12.5. The Kier molecular flexibility index (Phi) is 9.71. The maximum atomic E-state index is 12.3. The van der Waals surface area contributed by atoms with Crippen LogP contribution in [0.25, 0.3) is 0 Å². The van der Waals surface area contributed by atoms with Crippen LogP contribution in [-0.4, -0.2) is 32.2 Å². The lowest BCUT2D eigenvalue weighted by Gasteiger charge is -2.11. The summed E-state index contributed by atoms with van der Waals surface area (Å²) in [6.07, 6.45) is 3.91. The number of carbonyl (C=O) groups is 2. The van der Waals surface area contributed by atoms with E-state index in [9.17, 15) is 9.59 Å². The number of nitrogens with one attached hydrogen (secondary N) is 1. The van der Waals surface area contributed by atoms with E-state index in [1.165, 1.54) is 0 Å². The van der Waals surface area contributed by atoms with Crippen molar-refractivity contribution in [2.24, 2.45) is 0 Å². The average molecular weight is 414 g/mol. The van der Waals surface area contributed by atoms with Gasteiger partial charge in [-0.05, 0) is 61.7 Å². The first-order valence-corrected chi connectivity index (χ1v) is 10.4. The van der Waals surface area contributed by atoms with Gasteiger partial charge in [-0.25, -0.2) is 4.79 Å². The van der Waals surface area contributed by atoms with Crippen LogP contribution in [0.5, 0.6) is 11.5 Å². The quantitative estimate of drug-likeness (QED) is 0.391. The largest absolute Gasteiger partial charge is 0.493 e. The molecule has 2 aromatic carbocycles. The van der Waals surface area contributed by atoms with Crippen LogP contribution in [0.1, 0.15) is 55.5 Å². The molecule has 0 bridgehead atoms. The highest BCUT2D eigenvalue weighted by Crippen LogP contribution is 2.28. The number of hydrogen-bond donors (Lipinski definition) is 1. The number of benzene rings is 2. The molecule has 0 aliphatic carbocycles. The molecule has 1 amide bonds. The van der Waals surface area contributed by atoms with Crippen LogP contribution in [0.2, 0.25) is 0 Å². The fourth-order valence-electron chi connectivity index (χ4n) is 2.91. The van der Waals surface area contributed by atoms with Crippen LogP contribution in [0, 0.1) is 0 Å². The minimum Gasteiger partial charge on any atom is -0.493 e. The van der Waals surface area contributed by atoms with E-state index in [-0.39, 0.29) is 11.9 Å². The molecular weight excluding hydrogens is 382 g/mol. The molecule has 30 heavy (non-hydrogen) atoms. The summed E-state index contributed by atoms with van der Waals surface area (Å²) in [6, 6.07) is 12.4. The maximum Gasteiger partial charge on any atom is 0.338 e. The van der Waals surface area contributed by atoms with E-state index in [4.69, 9.17) is 14.2 Å². The monoisotopic (exact) mass is 413 g/mol. The molecular formula is C24H31NO5. The topological polar surface area (TPSA) is 73.9 Å². The second-order valence-electron chi connectivity index (χ2n) is 6.89. The molecule has 0 saturated heterocycles. The molecule has 0 aromatic heterocycles. The van der Waals surface area contributed by atoms with Gasteiger partial charge < -0.3 is 19.5 Å². The molecule has 0 aliphatic rings. The second-order valence-corrected chi connectivity index (χ2v) is 6.89. The highest BCUT2D eigenvalue weighted by atomic mass is 16.5. The number of esters is 1. The first-order valence-electron chi connectivity index (χ1n) is 10.4. The first kappa shape index (κ1) is 23.3. The zero-order chi connectivity index (χ0) is 21.8. The van der Waals surface area contributed by atoms with E-state index in [0.29, 0.717) is 48.8 Å². The summed E-state index contributed by atoms with van der Waals surface area (Å²) in [6.45, 7) is 5.01. The fraction of sp³-hybridized carbons (Fsp3) is 0.417. The van der Waals surface area contributed by atoms with Crippen molar-refractivity contribution in [1.29, 1.82) is 0 Å². The van der Waals surface area contributed by atoms with Crippen LogP contribution >= 0.6 is 0 Å². The van der Waals surface area contributed by atoms with Gasteiger partial charge in [-0.15, -0.1) is 0 Å². The van der Waals surface area contributed by atoms with Crippen molar-refractivity contribution in [2.75, 3.05) is 25.6 Å². The Hall–Kier alpha value is -3.02. The molecule has 0 heterocycles. The average Bonchev–Trinajstić information content (AvgIpc) is 2.76. The SMILES string of the molecule is CCCCCOC(=O)c1ccc(NC(=O)CCc2ccc(OCC)c(OC)c2)cc1. The number of anilines is 1. The summed E-state index contributed by atoms with van der Waals surface area (Å²) < 4.78 is 16.1. The van der Waals surface area contributed by atoms with Crippen molar-refractivity contribution in [1.82, 2.24) is 0 Å². The van der Waals surface area contributed by atoms with Crippen molar-refractivity contribution >= 4 is 17.6 Å². The zero-order valence-electron chi connectivity index (χ0n) is 18.0. The van der Waals surface area contributed by atoms with Gasteiger partial charge in [0.1, 0.15) is 0 Å². The van der Waals surface area contributed by atoms with Gasteiger partial charge in [0.15, 0.2) is 11.5 Å². The number of hydrogen-bond acceptors (Lipinski definition) is 5. The number of aryl methyl sites for hydroxylation is 1. The Morgan fingerprint density at radius 1 is 0.967 bits per heavy atom. The van der Waals surface area contributed by atoms with Gasteiger partial charge in [-0.3, -0.25) is 4.79 Å². The van der Waals surface area contributed by atoms with Crippen molar-refractivity contribution in [3.05, 3.63) is 53.6 Å². The lowest BCUT2D eigenvalue weighted by Crippen LogP contribution is -2.13. The van der Waals surface area contributed by atoms with Crippen LogP contribution in [0.4, 0.5) is 5.69 Å². The minimum absolute atomic E-state index is 0.0993. The summed E-state index contributed by atoms with van der Waals surface area (Å²) in [5.74, 6) is 0.912. The molecule has 0 radical (unpaired) electrons. The number of amides is 1. The molecule has 0 unspecified atom stereocenters. The number of carbonyl (C=O) groups excluding carboxylic acids is 2. The van der Waals surface area contributed by atoms with Crippen molar-refractivity contribution in [3.8, 4) is 11.5 Å². The third-order valence-electron chi connectivity index (χ3n) is 4.55. The van der Waals surface area contributed by atoms with Gasteiger partial charge in [0.2, 0.25) is 5.91 Å².